The number of anilines is 2. The highest BCUT2D eigenvalue weighted by Gasteiger charge is 2.11. The first-order valence-corrected chi connectivity index (χ1v) is 4.43. The van der Waals surface area contributed by atoms with E-state index in [4.69, 9.17) is 17.2 Å². The van der Waals surface area contributed by atoms with Crippen LogP contribution in [-0.2, 0) is 0 Å². The van der Waals surface area contributed by atoms with Crippen LogP contribution in [0.3, 0.4) is 0 Å². The number of primary amides is 1. The van der Waals surface area contributed by atoms with Crippen LogP contribution in [0.4, 0.5) is 11.4 Å². The van der Waals surface area contributed by atoms with E-state index in [1.165, 1.54) is 29.5 Å². The topological polar surface area (TPSA) is 126 Å². The minimum Gasteiger partial charge on any atom is -0.397 e. The normalized spacial score (nSPS) is 10.2. The quantitative estimate of drug-likeness (QED) is 0.587. The van der Waals surface area contributed by atoms with Crippen LogP contribution in [0.2, 0.25) is 0 Å². The molecule has 0 unspecified atom stereocenters. The van der Waals surface area contributed by atoms with Crippen molar-refractivity contribution in [1.29, 1.82) is 0 Å². The average molecular weight is 218 g/mol. The van der Waals surface area contributed by atoms with E-state index in [1.807, 2.05) is 0 Å². The van der Waals surface area contributed by atoms with Gasteiger partial charge in [-0.2, -0.15) is 5.10 Å². The molecule has 0 saturated heterocycles. The van der Waals surface area contributed by atoms with Crippen LogP contribution in [0.5, 0.6) is 0 Å². The standard InChI is InChI=1S/C9H10N6O/c10-6-1-5(9(12)16)2-7(11)8(6)15-4-13-3-14-15/h1-4H,10-11H2,(H2,12,16). The highest BCUT2D eigenvalue weighted by Crippen LogP contribution is 2.25. The first kappa shape index (κ1) is 9.97. The second-order valence-corrected chi connectivity index (χ2v) is 3.21. The largest absolute Gasteiger partial charge is 0.397 e. The third-order valence-electron chi connectivity index (χ3n) is 2.10. The van der Waals surface area contributed by atoms with Crippen molar-refractivity contribution in [2.45, 2.75) is 0 Å². The van der Waals surface area contributed by atoms with Crippen molar-refractivity contribution in [2.75, 3.05) is 11.5 Å². The molecule has 0 radical (unpaired) electrons. The summed E-state index contributed by atoms with van der Waals surface area (Å²) >= 11 is 0. The summed E-state index contributed by atoms with van der Waals surface area (Å²) in [5, 5.41) is 3.91. The van der Waals surface area contributed by atoms with Gasteiger partial charge in [-0.15, -0.1) is 0 Å². The number of nitrogens with zero attached hydrogens (tertiary/aromatic N) is 3. The van der Waals surface area contributed by atoms with Gasteiger partial charge in [-0.25, -0.2) is 9.67 Å². The highest BCUT2D eigenvalue weighted by molar-refractivity contribution is 5.96. The molecule has 1 aromatic carbocycles. The van der Waals surface area contributed by atoms with E-state index < -0.39 is 5.91 Å². The van der Waals surface area contributed by atoms with Crippen molar-refractivity contribution in [1.82, 2.24) is 14.8 Å². The molecule has 0 spiro atoms. The Morgan fingerprint density at radius 3 is 2.31 bits per heavy atom. The van der Waals surface area contributed by atoms with Crippen LogP contribution in [0.1, 0.15) is 10.4 Å². The molecule has 16 heavy (non-hydrogen) atoms. The van der Waals surface area contributed by atoms with Gasteiger partial charge in [-0.3, -0.25) is 4.79 Å². The maximum absolute atomic E-state index is 11.0. The van der Waals surface area contributed by atoms with Gasteiger partial charge in [0, 0.05) is 5.56 Å². The molecule has 7 heteroatoms. The van der Waals surface area contributed by atoms with Crippen LogP contribution in [0.15, 0.2) is 24.8 Å². The van der Waals surface area contributed by atoms with Crippen LogP contribution in [0.25, 0.3) is 5.69 Å². The lowest BCUT2D eigenvalue weighted by Crippen LogP contribution is -2.13. The first-order chi connectivity index (χ1) is 7.59. The molecule has 0 aliphatic carbocycles. The molecular formula is C9H10N6O. The highest BCUT2D eigenvalue weighted by atomic mass is 16.1. The van der Waals surface area contributed by atoms with Gasteiger partial charge in [0.1, 0.15) is 18.3 Å². The molecule has 1 heterocycles. The van der Waals surface area contributed by atoms with Crippen LogP contribution >= 0.6 is 0 Å². The van der Waals surface area contributed by atoms with E-state index in [2.05, 4.69) is 10.1 Å². The molecule has 0 saturated carbocycles. The number of nitrogen functional groups attached to an aromatic ring is 2. The second-order valence-electron chi connectivity index (χ2n) is 3.21. The average Bonchev–Trinajstić information content (AvgIpc) is 2.69. The SMILES string of the molecule is NC(=O)c1cc(N)c(-n2cncn2)c(N)c1. The van der Waals surface area contributed by atoms with Crippen molar-refractivity contribution in [3.05, 3.63) is 30.4 Å². The summed E-state index contributed by atoms with van der Waals surface area (Å²) in [6.07, 6.45) is 2.83. The predicted octanol–water partition coefficient (Wildman–Crippen LogP) is -0.469. The molecule has 2 aromatic rings. The van der Waals surface area contributed by atoms with E-state index in [0.717, 1.165) is 0 Å². The van der Waals surface area contributed by atoms with Crippen LogP contribution in [-0.4, -0.2) is 20.7 Å². The molecule has 0 bridgehead atoms. The van der Waals surface area contributed by atoms with E-state index in [-0.39, 0.29) is 5.56 Å². The first-order valence-electron chi connectivity index (χ1n) is 4.43. The number of aromatic nitrogens is 3. The number of rotatable bonds is 2. The number of hydrogen-bond donors (Lipinski definition) is 3. The van der Waals surface area contributed by atoms with Gasteiger partial charge >= 0.3 is 0 Å². The Morgan fingerprint density at radius 1 is 1.25 bits per heavy atom. The summed E-state index contributed by atoms with van der Waals surface area (Å²) < 4.78 is 1.43. The summed E-state index contributed by atoms with van der Waals surface area (Å²) in [4.78, 5) is 14.8. The Bertz CT molecular complexity index is 510. The molecule has 2 rings (SSSR count). The summed E-state index contributed by atoms with van der Waals surface area (Å²) in [5.41, 5.74) is 18.1. The molecule has 82 valence electrons. The molecule has 0 aliphatic rings. The number of amides is 1. The van der Waals surface area contributed by atoms with E-state index in [9.17, 15) is 4.79 Å². The maximum Gasteiger partial charge on any atom is 0.248 e. The zero-order valence-corrected chi connectivity index (χ0v) is 8.29. The Balaban J connectivity index is 2.61. The van der Waals surface area contributed by atoms with Gasteiger partial charge < -0.3 is 17.2 Å². The van der Waals surface area contributed by atoms with E-state index in [0.29, 0.717) is 17.1 Å². The number of carbonyl (C=O) groups excluding carboxylic acids is 1. The van der Waals surface area contributed by atoms with Gasteiger partial charge in [0.05, 0.1) is 11.4 Å². The van der Waals surface area contributed by atoms with E-state index >= 15 is 0 Å². The van der Waals surface area contributed by atoms with Crippen LogP contribution in [0, 0.1) is 0 Å². The monoisotopic (exact) mass is 218 g/mol. The lowest BCUT2D eigenvalue weighted by Gasteiger charge is -2.09. The fourth-order valence-corrected chi connectivity index (χ4v) is 1.41. The molecule has 6 N–H and O–H groups in total. The van der Waals surface area contributed by atoms with E-state index in [1.54, 1.807) is 0 Å². The minimum absolute atomic E-state index is 0.263. The molecule has 1 aromatic heterocycles. The smallest absolute Gasteiger partial charge is 0.248 e. The Kier molecular flexibility index (Phi) is 2.20. The fourth-order valence-electron chi connectivity index (χ4n) is 1.41. The number of carbonyl (C=O) groups is 1. The number of benzene rings is 1. The number of hydrogen-bond acceptors (Lipinski definition) is 5. The van der Waals surface area contributed by atoms with Gasteiger partial charge in [0.15, 0.2) is 0 Å². The van der Waals surface area contributed by atoms with Crippen molar-refractivity contribution in [3.63, 3.8) is 0 Å². The zero-order valence-electron chi connectivity index (χ0n) is 8.29. The van der Waals surface area contributed by atoms with Crippen molar-refractivity contribution < 1.29 is 4.79 Å². The summed E-state index contributed by atoms with van der Waals surface area (Å²) in [5.74, 6) is -0.580. The summed E-state index contributed by atoms with van der Waals surface area (Å²) in [6, 6.07) is 2.91. The molecule has 1 amide bonds. The summed E-state index contributed by atoms with van der Waals surface area (Å²) in [6.45, 7) is 0. The van der Waals surface area contributed by atoms with Gasteiger partial charge in [-0.05, 0) is 12.1 Å². The molecule has 7 nitrogen and oxygen atoms in total. The van der Waals surface area contributed by atoms with Crippen LogP contribution < -0.4 is 17.2 Å². The molecule has 0 aliphatic heterocycles. The Labute approximate surface area is 90.9 Å². The number of nitrogens with two attached hydrogens (primary N) is 3. The van der Waals surface area contributed by atoms with Gasteiger partial charge in [0.2, 0.25) is 5.91 Å². The molecule has 0 atom stereocenters. The predicted molar refractivity (Wildman–Crippen MR) is 58.7 cm³/mol. The Morgan fingerprint density at radius 2 is 1.88 bits per heavy atom. The van der Waals surface area contributed by atoms with Crippen molar-refractivity contribution in [2.24, 2.45) is 5.73 Å². The van der Waals surface area contributed by atoms with Gasteiger partial charge in [0.25, 0.3) is 0 Å². The summed E-state index contributed by atoms with van der Waals surface area (Å²) in [7, 11) is 0. The third kappa shape index (κ3) is 1.54. The lowest BCUT2D eigenvalue weighted by molar-refractivity contribution is 0.100. The second kappa shape index (κ2) is 3.54. The molecular weight excluding hydrogens is 208 g/mol. The molecule has 0 fully saturated rings. The maximum atomic E-state index is 11.0. The van der Waals surface area contributed by atoms with Crippen molar-refractivity contribution in [3.8, 4) is 5.69 Å². The zero-order chi connectivity index (χ0) is 11.7. The fraction of sp³-hybridized carbons (Fsp3) is 0. The lowest BCUT2D eigenvalue weighted by atomic mass is 10.1. The minimum atomic E-state index is -0.580. The Hall–Kier alpha value is -2.57. The third-order valence-corrected chi connectivity index (χ3v) is 2.10. The van der Waals surface area contributed by atoms with Gasteiger partial charge in [-0.1, -0.05) is 0 Å². The van der Waals surface area contributed by atoms with Crippen molar-refractivity contribution >= 4 is 17.3 Å².